The smallest absolute Gasteiger partial charge is 0.0492 e. The second-order valence-electron chi connectivity index (χ2n) is 3.08. The normalized spacial score (nSPS) is 30.2. The van der Waals surface area contributed by atoms with E-state index in [4.69, 9.17) is 0 Å². The minimum Gasteiger partial charge on any atom is -0.317 e. The fraction of sp³-hybridized carbons (Fsp3) is 0.857. The summed E-state index contributed by atoms with van der Waals surface area (Å²) in [6, 6.07) is 0. The topological polar surface area (TPSA) is 24.4 Å². The maximum Gasteiger partial charge on any atom is 0.0492 e. The third-order valence-corrected chi connectivity index (χ3v) is 2.37. The highest BCUT2D eigenvalue weighted by atomic mass is 14.9. The average Bonchev–Trinajstić information content (AvgIpc) is 1.87. The molecular formula is C7H12N2. The average molecular weight is 124 g/mol. The summed E-state index contributed by atoms with van der Waals surface area (Å²) in [6.07, 6.45) is 4.75. The maximum atomic E-state index is 4.14. The van der Waals surface area contributed by atoms with Crippen LogP contribution in [0.25, 0.3) is 0 Å². The Bertz CT molecular complexity index is 134. The van der Waals surface area contributed by atoms with Gasteiger partial charge < -0.3 is 5.32 Å². The van der Waals surface area contributed by atoms with Gasteiger partial charge in [-0.15, -0.1) is 0 Å². The van der Waals surface area contributed by atoms with Gasteiger partial charge in [0.2, 0.25) is 0 Å². The summed E-state index contributed by atoms with van der Waals surface area (Å²) in [5.74, 6) is 0. The van der Waals surface area contributed by atoms with Gasteiger partial charge in [0.1, 0.15) is 0 Å². The maximum absolute atomic E-state index is 4.14. The first-order valence-electron chi connectivity index (χ1n) is 3.63. The molecular weight excluding hydrogens is 112 g/mol. The Labute approximate surface area is 55.4 Å². The molecule has 1 saturated heterocycles. The second-order valence-corrected chi connectivity index (χ2v) is 3.08. The van der Waals surface area contributed by atoms with Crippen molar-refractivity contribution in [3.8, 4) is 0 Å². The van der Waals surface area contributed by atoms with Crippen LogP contribution in [0.15, 0.2) is 4.99 Å². The molecule has 0 amide bonds. The standard InChI is InChI=1S/C7H12N2/c1-3-8-4-2-7(1)5-9-6-7/h5,8H,1-4,6H2. The molecule has 0 radical (unpaired) electrons. The van der Waals surface area contributed by atoms with E-state index in [1.807, 2.05) is 0 Å². The lowest BCUT2D eigenvalue weighted by atomic mass is 9.77. The number of piperidine rings is 1. The lowest BCUT2D eigenvalue weighted by Crippen LogP contribution is -2.43. The largest absolute Gasteiger partial charge is 0.317 e. The number of aliphatic imine (C=N–C) groups is 1. The monoisotopic (exact) mass is 124 g/mol. The van der Waals surface area contributed by atoms with Crippen molar-refractivity contribution in [2.24, 2.45) is 10.4 Å². The SMILES string of the molecule is C1=NCC12CCNCC2. The lowest BCUT2D eigenvalue weighted by Gasteiger charge is -2.37. The zero-order valence-corrected chi connectivity index (χ0v) is 5.56. The summed E-state index contributed by atoms with van der Waals surface area (Å²) in [5, 5.41) is 3.35. The van der Waals surface area contributed by atoms with Gasteiger partial charge in [0.25, 0.3) is 0 Å². The van der Waals surface area contributed by atoms with E-state index in [0.717, 1.165) is 6.54 Å². The zero-order chi connectivity index (χ0) is 6.16. The first-order chi connectivity index (χ1) is 4.41. The molecule has 0 aromatic rings. The zero-order valence-electron chi connectivity index (χ0n) is 5.56. The number of hydrogen-bond donors (Lipinski definition) is 1. The molecule has 1 fully saturated rings. The van der Waals surface area contributed by atoms with Crippen LogP contribution in [-0.2, 0) is 0 Å². The molecule has 2 nitrogen and oxygen atoms in total. The third-order valence-electron chi connectivity index (χ3n) is 2.37. The van der Waals surface area contributed by atoms with E-state index in [1.165, 1.54) is 25.9 Å². The van der Waals surface area contributed by atoms with Crippen molar-refractivity contribution < 1.29 is 0 Å². The van der Waals surface area contributed by atoms with Crippen molar-refractivity contribution in [2.75, 3.05) is 19.6 Å². The van der Waals surface area contributed by atoms with Crippen LogP contribution in [0.5, 0.6) is 0 Å². The molecule has 1 spiro atoms. The summed E-state index contributed by atoms with van der Waals surface area (Å²) in [7, 11) is 0. The number of nitrogens with zero attached hydrogens (tertiary/aromatic N) is 1. The molecule has 2 aliphatic rings. The minimum atomic E-state index is 0.547. The van der Waals surface area contributed by atoms with E-state index >= 15 is 0 Å². The highest BCUT2D eigenvalue weighted by Gasteiger charge is 2.34. The fourth-order valence-electron chi connectivity index (χ4n) is 1.56. The van der Waals surface area contributed by atoms with Crippen LogP contribution in [0.1, 0.15) is 12.8 Å². The molecule has 1 N–H and O–H groups in total. The van der Waals surface area contributed by atoms with Gasteiger partial charge in [-0.3, -0.25) is 4.99 Å². The van der Waals surface area contributed by atoms with Gasteiger partial charge in [0.15, 0.2) is 0 Å². The molecule has 50 valence electrons. The van der Waals surface area contributed by atoms with Crippen LogP contribution in [0.4, 0.5) is 0 Å². The van der Waals surface area contributed by atoms with Crippen LogP contribution >= 0.6 is 0 Å². The molecule has 2 heteroatoms. The molecule has 0 bridgehead atoms. The highest BCUT2D eigenvalue weighted by Crippen LogP contribution is 2.31. The molecule has 0 atom stereocenters. The van der Waals surface area contributed by atoms with Gasteiger partial charge in [-0.2, -0.15) is 0 Å². The van der Waals surface area contributed by atoms with E-state index in [9.17, 15) is 0 Å². The number of hydrogen-bond acceptors (Lipinski definition) is 2. The Kier molecular flexibility index (Phi) is 1.09. The summed E-state index contributed by atoms with van der Waals surface area (Å²) >= 11 is 0. The summed E-state index contributed by atoms with van der Waals surface area (Å²) in [4.78, 5) is 4.14. The van der Waals surface area contributed by atoms with Crippen molar-refractivity contribution in [3.05, 3.63) is 0 Å². The molecule has 0 aromatic heterocycles. The van der Waals surface area contributed by atoms with Crippen LogP contribution in [0, 0.1) is 5.41 Å². The molecule has 2 aliphatic heterocycles. The second kappa shape index (κ2) is 1.81. The third kappa shape index (κ3) is 0.778. The van der Waals surface area contributed by atoms with Crippen molar-refractivity contribution in [3.63, 3.8) is 0 Å². The van der Waals surface area contributed by atoms with E-state index < -0.39 is 0 Å². The van der Waals surface area contributed by atoms with E-state index in [1.54, 1.807) is 0 Å². The molecule has 9 heavy (non-hydrogen) atoms. The minimum absolute atomic E-state index is 0.547. The quantitative estimate of drug-likeness (QED) is 0.498. The van der Waals surface area contributed by atoms with Gasteiger partial charge >= 0.3 is 0 Å². The summed E-state index contributed by atoms with van der Waals surface area (Å²) in [6.45, 7) is 3.46. The Morgan fingerprint density at radius 2 is 2.00 bits per heavy atom. The Balaban J connectivity index is 2.02. The number of nitrogens with one attached hydrogen (secondary N) is 1. The van der Waals surface area contributed by atoms with Crippen LogP contribution in [-0.4, -0.2) is 25.8 Å². The lowest BCUT2D eigenvalue weighted by molar-refractivity contribution is 0.292. The van der Waals surface area contributed by atoms with Gasteiger partial charge in [0.05, 0.1) is 0 Å². The molecule has 2 rings (SSSR count). The molecule has 0 saturated carbocycles. The number of rotatable bonds is 0. The summed E-state index contributed by atoms with van der Waals surface area (Å²) in [5.41, 5.74) is 0.547. The van der Waals surface area contributed by atoms with Gasteiger partial charge in [-0.1, -0.05) is 0 Å². The predicted octanol–water partition coefficient (Wildman–Crippen LogP) is 0.441. The van der Waals surface area contributed by atoms with Crippen LogP contribution < -0.4 is 5.32 Å². The van der Waals surface area contributed by atoms with Crippen molar-refractivity contribution in [1.29, 1.82) is 0 Å². The fourth-order valence-corrected chi connectivity index (χ4v) is 1.56. The van der Waals surface area contributed by atoms with Crippen molar-refractivity contribution >= 4 is 6.21 Å². The highest BCUT2D eigenvalue weighted by molar-refractivity contribution is 5.71. The van der Waals surface area contributed by atoms with Crippen LogP contribution in [0.3, 0.4) is 0 Å². The van der Waals surface area contributed by atoms with E-state index in [-0.39, 0.29) is 0 Å². The first-order valence-corrected chi connectivity index (χ1v) is 3.63. The summed E-state index contributed by atoms with van der Waals surface area (Å²) < 4.78 is 0. The van der Waals surface area contributed by atoms with Crippen molar-refractivity contribution in [2.45, 2.75) is 12.8 Å². The molecule has 0 unspecified atom stereocenters. The van der Waals surface area contributed by atoms with Gasteiger partial charge in [-0.05, 0) is 25.9 Å². The molecule has 0 aliphatic carbocycles. The molecule has 0 aromatic carbocycles. The van der Waals surface area contributed by atoms with Gasteiger partial charge in [-0.25, -0.2) is 0 Å². The van der Waals surface area contributed by atoms with E-state index in [0.29, 0.717) is 5.41 Å². The Morgan fingerprint density at radius 1 is 1.33 bits per heavy atom. The van der Waals surface area contributed by atoms with E-state index in [2.05, 4.69) is 16.5 Å². The van der Waals surface area contributed by atoms with Crippen molar-refractivity contribution in [1.82, 2.24) is 5.32 Å². The predicted molar refractivity (Wildman–Crippen MR) is 37.9 cm³/mol. The van der Waals surface area contributed by atoms with Gasteiger partial charge in [0, 0.05) is 18.2 Å². The van der Waals surface area contributed by atoms with Crippen LogP contribution in [0.2, 0.25) is 0 Å². The molecule has 2 heterocycles. The first kappa shape index (κ1) is 5.42. The Hall–Kier alpha value is -0.370. The Morgan fingerprint density at radius 3 is 2.33 bits per heavy atom.